The third kappa shape index (κ3) is 10.3. The summed E-state index contributed by atoms with van der Waals surface area (Å²) in [6.07, 6.45) is -2.49. The maximum absolute atomic E-state index is 14.6. The molecule has 2 saturated heterocycles. The summed E-state index contributed by atoms with van der Waals surface area (Å²) in [6, 6.07) is 5.67. The number of likely N-dealkylation sites (N-methyl/N-ethyl adjacent to an activating group) is 2. The van der Waals surface area contributed by atoms with Crippen LogP contribution in [0.25, 0.3) is 33.4 Å². The number of halogens is 3. The topological polar surface area (TPSA) is 154 Å². The van der Waals surface area contributed by atoms with E-state index < -0.39 is 60.1 Å². The van der Waals surface area contributed by atoms with Gasteiger partial charge in [0, 0.05) is 85.3 Å². The molecule has 65 heavy (non-hydrogen) atoms. The van der Waals surface area contributed by atoms with Crippen LogP contribution in [0.4, 0.5) is 18.0 Å². The van der Waals surface area contributed by atoms with E-state index in [1.165, 1.54) is 32.9 Å². The van der Waals surface area contributed by atoms with Gasteiger partial charge in [-0.05, 0) is 76.0 Å². The Morgan fingerprint density at radius 3 is 2.54 bits per heavy atom. The highest BCUT2D eigenvalue weighted by atomic mass is 32.1. The summed E-state index contributed by atoms with van der Waals surface area (Å²) in [6.45, 7) is 9.23. The van der Waals surface area contributed by atoms with Crippen molar-refractivity contribution < 1.29 is 41.8 Å². The third-order valence-electron chi connectivity index (χ3n) is 12.7. The molecular formula is C46H60F3N9O6S. The Hall–Kier alpha value is -5.11. The Labute approximate surface area is 381 Å². The number of cyclic esters (lactones) is 1. The molecule has 2 fully saturated rings. The summed E-state index contributed by atoms with van der Waals surface area (Å²) in [5.74, 6) is -1.90. The van der Waals surface area contributed by atoms with E-state index in [9.17, 15) is 32.3 Å². The molecule has 0 unspecified atom stereocenters. The van der Waals surface area contributed by atoms with E-state index in [1.54, 1.807) is 49.3 Å². The molecule has 1 aromatic carbocycles. The quantitative estimate of drug-likeness (QED) is 0.189. The minimum absolute atomic E-state index is 0.0170. The second kappa shape index (κ2) is 19.0. The highest BCUT2D eigenvalue weighted by molar-refractivity contribution is 7.10. The van der Waals surface area contributed by atoms with E-state index in [0.29, 0.717) is 75.6 Å². The molecule has 3 aromatic heterocycles. The molecule has 6 bridgehead atoms. The van der Waals surface area contributed by atoms with Crippen LogP contribution >= 0.6 is 11.3 Å². The minimum atomic E-state index is -4.58. The van der Waals surface area contributed by atoms with Crippen molar-refractivity contribution in [3.05, 3.63) is 58.2 Å². The van der Waals surface area contributed by atoms with Crippen LogP contribution in [-0.4, -0.2) is 143 Å². The molecule has 4 aromatic rings. The van der Waals surface area contributed by atoms with Crippen LogP contribution in [0.2, 0.25) is 0 Å². The molecule has 6 heterocycles. The van der Waals surface area contributed by atoms with E-state index in [-0.39, 0.29) is 44.0 Å². The largest absolute Gasteiger partial charge is 0.464 e. The van der Waals surface area contributed by atoms with Crippen LogP contribution < -0.4 is 10.7 Å². The molecule has 19 heteroatoms. The van der Waals surface area contributed by atoms with Gasteiger partial charge in [-0.1, -0.05) is 33.8 Å². The lowest BCUT2D eigenvalue weighted by molar-refractivity contribution is -0.155. The van der Waals surface area contributed by atoms with Gasteiger partial charge in [0.25, 0.3) is 5.91 Å². The minimum Gasteiger partial charge on any atom is -0.464 e. The number of carbonyl (C=O) groups is 4. The number of methoxy groups -OCH3 is 1. The molecule has 352 valence electrons. The molecule has 0 spiro atoms. The van der Waals surface area contributed by atoms with E-state index >= 15 is 0 Å². The van der Waals surface area contributed by atoms with Gasteiger partial charge in [-0.25, -0.2) is 15.2 Å². The van der Waals surface area contributed by atoms with Crippen LogP contribution in [0.5, 0.6) is 0 Å². The number of benzene rings is 1. The number of nitrogens with zero attached hydrogens (tertiary/aromatic N) is 7. The Bertz CT molecular complexity index is 2410. The first kappa shape index (κ1) is 47.8. The number of rotatable bonds is 9. The van der Waals surface area contributed by atoms with Crippen LogP contribution in [0.1, 0.15) is 69.8 Å². The van der Waals surface area contributed by atoms with E-state index in [4.69, 9.17) is 14.5 Å². The number of pyridine rings is 1. The number of esters is 1. The zero-order valence-electron chi connectivity index (χ0n) is 38.5. The standard InChI is InChI=1S/C46H60F3N9O6S/c1-26(2)39(55(8)44(62)56-21-29(22-56)54(6)7)41(59)52-34-19-37-51-35(23-65-37)28-14-15-36-31(18-28)32(20-45(4,5)25-64-43(61)33-13-11-17-58(53-33)42(34)60)40(57(36)24-46(47,48)49)30-12-10-16-50-38(30)27(3)63-9/h10,12,14-16,18,23,26-27,29,33-34,39,53H,11,13,17,19-22,24-25H2,1-9H3,(H,52,59)/t27-,33-,34-,39-/m0/s1. The molecule has 0 radical (unpaired) electrons. The molecule has 15 nitrogen and oxygen atoms in total. The normalized spacial score (nSPS) is 20.6. The number of nitrogens with one attached hydrogen (secondary N) is 2. The van der Waals surface area contributed by atoms with Crippen molar-refractivity contribution in [3.63, 3.8) is 0 Å². The molecule has 7 rings (SSSR count). The molecule has 4 atom stereocenters. The average Bonchev–Trinajstić information content (AvgIpc) is 3.81. The highest BCUT2D eigenvalue weighted by Gasteiger charge is 2.41. The van der Waals surface area contributed by atoms with E-state index in [0.717, 1.165) is 0 Å². The van der Waals surface area contributed by atoms with Crippen molar-refractivity contribution in [2.45, 2.75) is 103 Å². The summed E-state index contributed by atoms with van der Waals surface area (Å²) in [5, 5.41) is 7.22. The number of fused-ring (bicyclic) bond motifs is 6. The number of hydrogen-bond acceptors (Lipinski definition) is 11. The monoisotopic (exact) mass is 923 g/mol. The predicted octanol–water partition coefficient (Wildman–Crippen LogP) is 6.07. The first-order valence-corrected chi connectivity index (χ1v) is 22.9. The summed E-state index contributed by atoms with van der Waals surface area (Å²) >= 11 is 1.28. The lowest BCUT2D eigenvalue weighted by Gasteiger charge is -2.45. The third-order valence-corrected chi connectivity index (χ3v) is 13.5. The number of thiazole rings is 1. The molecule has 4 amide bonds. The van der Waals surface area contributed by atoms with Gasteiger partial charge in [0.15, 0.2) is 0 Å². The predicted molar refractivity (Wildman–Crippen MR) is 241 cm³/mol. The maximum atomic E-state index is 14.6. The fraction of sp³-hybridized carbons (Fsp3) is 0.565. The number of alkyl halides is 3. The number of likely N-dealkylation sites (tertiary alicyclic amines) is 1. The van der Waals surface area contributed by atoms with Crippen molar-refractivity contribution >= 4 is 46.1 Å². The number of hydrogen-bond donors (Lipinski definition) is 2. The highest BCUT2D eigenvalue weighted by Crippen LogP contribution is 2.43. The number of carbonyl (C=O) groups excluding carboxylic acids is 4. The SMILES string of the molecule is CO[C@@H](C)c1ncccc1-c1c2c3cc(ccc3n1CC(F)(F)F)-c1csc(n1)C[C@H](NC(=O)[C@H](C(C)C)N(C)C(=O)N1CC(N(C)C)C1)C(=O)N1CCC[C@H](N1)C(=O)OCC(C)(C)C2. The number of hydrazine groups is 1. The van der Waals surface area contributed by atoms with Crippen molar-refractivity contribution in [2.75, 3.05) is 54.5 Å². The maximum Gasteiger partial charge on any atom is 0.406 e. The fourth-order valence-electron chi connectivity index (χ4n) is 9.04. The molecule has 0 aliphatic carbocycles. The smallest absolute Gasteiger partial charge is 0.406 e. The lowest BCUT2D eigenvalue weighted by Crippen LogP contribution is -2.65. The Balaban J connectivity index is 1.31. The van der Waals surface area contributed by atoms with Crippen molar-refractivity contribution in [3.8, 4) is 22.5 Å². The van der Waals surface area contributed by atoms with Crippen LogP contribution in [0.15, 0.2) is 41.9 Å². The van der Waals surface area contributed by atoms with Crippen molar-refractivity contribution in [2.24, 2.45) is 11.3 Å². The van der Waals surface area contributed by atoms with Crippen molar-refractivity contribution in [1.29, 1.82) is 0 Å². The first-order valence-electron chi connectivity index (χ1n) is 22.0. The summed E-state index contributed by atoms with van der Waals surface area (Å²) < 4.78 is 56.8. The zero-order chi connectivity index (χ0) is 47.1. The lowest BCUT2D eigenvalue weighted by atomic mass is 9.84. The van der Waals surface area contributed by atoms with Crippen LogP contribution in [0, 0.1) is 11.3 Å². The number of amides is 4. The first-order chi connectivity index (χ1) is 30.7. The van der Waals surface area contributed by atoms with Gasteiger partial charge in [0.2, 0.25) is 5.91 Å². The molecule has 2 N–H and O–H groups in total. The van der Waals surface area contributed by atoms with Gasteiger partial charge < -0.3 is 34.1 Å². The second-order valence-electron chi connectivity index (χ2n) is 18.8. The van der Waals surface area contributed by atoms with Crippen LogP contribution in [-0.2, 0) is 43.2 Å². The molecule has 3 aliphatic heterocycles. The summed E-state index contributed by atoms with van der Waals surface area (Å²) in [7, 11) is 7.02. The Morgan fingerprint density at radius 2 is 1.86 bits per heavy atom. The summed E-state index contributed by atoms with van der Waals surface area (Å²) in [4.78, 5) is 71.0. The number of ether oxygens (including phenoxy) is 2. The van der Waals surface area contributed by atoms with E-state index in [1.807, 2.05) is 53.2 Å². The van der Waals surface area contributed by atoms with Gasteiger partial charge >= 0.3 is 18.2 Å². The van der Waals surface area contributed by atoms with E-state index in [2.05, 4.69) is 20.6 Å². The molecule has 0 saturated carbocycles. The van der Waals surface area contributed by atoms with Gasteiger partial charge in [0.05, 0.1) is 34.8 Å². The van der Waals surface area contributed by atoms with Crippen LogP contribution in [0.3, 0.4) is 0 Å². The van der Waals surface area contributed by atoms with Gasteiger partial charge in [-0.3, -0.25) is 24.4 Å². The average molecular weight is 924 g/mol. The van der Waals surface area contributed by atoms with Gasteiger partial charge in [-0.2, -0.15) is 13.2 Å². The van der Waals surface area contributed by atoms with Gasteiger partial charge in [-0.15, -0.1) is 11.3 Å². The second-order valence-corrected chi connectivity index (χ2v) is 19.8. The zero-order valence-corrected chi connectivity index (χ0v) is 39.3. The van der Waals surface area contributed by atoms with Crippen molar-refractivity contribution in [1.82, 2.24) is 45.0 Å². The molecular weight excluding hydrogens is 864 g/mol. The number of urea groups is 1. The molecule has 3 aliphatic rings. The Morgan fingerprint density at radius 1 is 1.12 bits per heavy atom. The van der Waals surface area contributed by atoms with Gasteiger partial charge in [0.1, 0.15) is 24.7 Å². The number of aromatic nitrogens is 3. The summed E-state index contributed by atoms with van der Waals surface area (Å²) in [5.41, 5.74) is 5.71. The Kier molecular flexibility index (Phi) is 14.0. The fourth-order valence-corrected chi connectivity index (χ4v) is 9.89.